The van der Waals surface area contributed by atoms with Gasteiger partial charge >= 0.3 is 0 Å². The fraction of sp³-hybridized carbons (Fsp3) is 1.00. The van der Waals surface area contributed by atoms with Gasteiger partial charge < -0.3 is 11.1 Å². The Morgan fingerprint density at radius 3 is 2.18 bits per heavy atom. The van der Waals surface area contributed by atoms with Gasteiger partial charge in [-0.2, -0.15) is 0 Å². The smallest absolute Gasteiger partial charge is 0.0173 e. The molecule has 0 aromatic carbocycles. The zero-order valence-corrected chi connectivity index (χ0v) is 12.1. The first-order chi connectivity index (χ1) is 8.17. The van der Waals surface area contributed by atoms with Crippen LogP contribution >= 0.6 is 0 Å². The number of hydrogen-bond acceptors (Lipinski definition) is 2. The maximum absolute atomic E-state index is 6.29. The third-order valence-electron chi connectivity index (χ3n) is 4.99. The van der Waals surface area contributed by atoms with E-state index in [0.29, 0.717) is 17.5 Å². The van der Waals surface area contributed by atoms with Crippen molar-refractivity contribution in [1.29, 1.82) is 0 Å². The van der Waals surface area contributed by atoms with Crippen LogP contribution in [-0.2, 0) is 0 Å². The van der Waals surface area contributed by atoms with Crippen molar-refractivity contribution in [1.82, 2.24) is 5.32 Å². The lowest BCUT2D eigenvalue weighted by Crippen LogP contribution is -2.48. The fourth-order valence-electron chi connectivity index (χ4n) is 3.14. The van der Waals surface area contributed by atoms with Crippen LogP contribution in [0.5, 0.6) is 0 Å². The third-order valence-corrected chi connectivity index (χ3v) is 4.99. The molecule has 1 aliphatic rings. The van der Waals surface area contributed by atoms with Gasteiger partial charge in [0.2, 0.25) is 0 Å². The Balaban J connectivity index is 2.46. The van der Waals surface area contributed by atoms with E-state index >= 15 is 0 Å². The van der Waals surface area contributed by atoms with Crippen molar-refractivity contribution in [2.75, 3.05) is 6.54 Å². The summed E-state index contributed by atoms with van der Waals surface area (Å²) >= 11 is 0. The summed E-state index contributed by atoms with van der Waals surface area (Å²) < 4.78 is 0. The van der Waals surface area contributed by atoms with E-state index in [9.17, 15) is 0 Å². The lowest BCUT2D eigenvalue weighted by molar-refractivity contribution is 0.252. The second-order valence-electron chi connectivity index (χ2n) is 5.78. The van der Waals surface area contributed by atoms with Gasteiger partial charge in [-0.15, -0.1) is 0 Å². The summed E-state index contributed by atoms with van der Waals surface area (Å²) in [4.78, 5) is 0. The summed E-state index contributed by atoms with van der Waals surface area (Å²) in [6.07, 6.45) is 10.3. The fourth-order valence-corrected chi connectivity index (χ4v) is 3.14. The molecule has 0 radical (unpaired) electrons. The Bertz CT molecular complexity index is 191. The molecule has 0 amide bonds. The highest BCUT2D eigenvalue weighted by atomic mass is 15.0. The van der Waals surface area contributed by atoms with Gasteiger partial charge in [0.1, 0.15) is 0 Å². The van der Waals surface area contributed by atoms with Gasteiger partial charge in [0.15, 0.2) is 0 Å². The molecule has 0 aromatic heterocycles. The minimum absolute atomic E-state index is 0.353. The molecule has 1 aliphatic carbocycles. The van der Waals surface area contributed by atoms with Gasteiger partial charge in [-0.25, -0.2) is 0 Å². The van der Waals surface area contributed by atoms with Crippen molar-refractivity contribution >= 4 is 0 Å². The maximum atomic E-state index is 6.29. The van der Waals surface area contributed by atoms with Crippen LogP contribution in [-0.4, -0.2) is 18.1 Å². The van der Waals surface area contributed by atoms with E-state index in [-0.39, 0.29) is 0 Å². The molecule has 2 atom stereocenters. The Morgan fingerprint density at radius 2 is 1.59 bits per heavy atom. The second-order valence-corrected chi connectivity index (χ2v) is 5.78. The predicted molar refractivity (Wildman–Crippen MR) is 76.2 cm³/mol. The average Bonchev–Trinajstić information content (AvgIpc) is 2.57. The van der Waals surface area contributed by atoms with Gasteiger partial charge in [0.25, 0.3) is 0 Å². The molecule has 0 aliphatic heterocycles. The molecular formula is C15H32N2. The Kier molecular flexibility index (Phi) is 6.50. The first-order valence-corrected chi connectivity index (χ1v) is 7.68. The summed E-state index contributed by atoms with van der Waals surface area (Å²) in [5, 5.41) is 3.83. The molecule has 1 rings (SSSR count). The maximum Gasteiger partial charge on any atom is 0.0173 e. The first-order valence-electron chi connectivity index (χ1n) is 7.68. The summed E-state index contributed by atoms with van der Waals surface area (Å²) in [6, 6.07) is 0.424. The minimum atomic E-state index is 0.353. The van der Waals surface area contributed by atoms with Gasteiger partial charge in [-0.3, -0.25) is 0 Å². The zero-order valence-electron chi connectivity index (χ0n) is 12.1. The molecule has 17 heavy (non-hydrogen) atoms. The normalized spacial score (nSPS) is 26.8. The van der Waals surface area contributed by atoms with E-state index in [2.05, 4.69) is 26.1 Å². The van der Waals surface area contributed by atoms with E-state index < -0.39 is 0 Å². The third kappa shape index (κ3) is 4.26. The molecule has 0 aromatic rings. The summed E-state index contributed by atoms with van der Waals surface area (Å²) in [7, 11) is 0. The van der Waals surface area contributed by atoms with Crippen LogP contribution in [0, 0.1) is 5.92 Å². The number of hydrogen-bond donors (Lipinski definition) is 2. The van der Waals surface area contributed by atoms with Gasteiger partial charge in [0.05, 0.1) is 0 Å². The Morgan fingerprint density at radius 1 is 1.00 bits per heavy atom. The van der Waals surface area contributed by atoms with E-state index in [1.807, 2.05) is 0 Å². The highest BCUT2D eigenvalue weighted by Crippen LogP contribution is 2.24. The first kappa shape index (κ1) is 15.0. The molecule has 0 saturated heterocycles. The van der Waals surface area contributed by atoms with Crippen LogP contribution in [0.1, 0.15) is 72.1 Å². The molecule has 0 bridgehead atoms. The lowest BCUT2D eigenvalue weighted by atomic mass is 9.87. The molecular weight excluding hydrogens is 208 g/mol. The Labute approximate surface area is 108 Å². The van der Waals surface area contributed by atoms with Crippen molar-refractivity contribution in [3.8, 4) is 0 Å². The summed E-state index contributed by atoms with van der Waals surface area (Å²) in [5.74, 6) is 0.696. The average molecular weight is 240 g/mol. The molecule has 0 spiro atoms. The monoisotopic (exact) mass is 240 g/mol. The molecule has 2 heteroatoms. The van der Waals surface area contributed by atoms with Crippen molar-refractivity contribution in [2.24, 2.45) is 11.7 Å². The minimum Gasteiger partial charge on any atom is -0.327 e. The molecule has 1 fully saturated rings. The molecule has 1 saturated carbocycles. The van der Waals surface area contributed by atoms with Crippen LogP contribution in [0.2, 0.25) is 0 Å². The van der Waals surface area contributed by atoms with Crippen molar-refractivity contribution in [2.45, 2.75) is 83.7 Å². The lowest BCUT2D eigenvalue weighted by Gasteiger charge is -2.35. The van der Waals surface area contributed by atoms with Crippen molar-refractivity contribution in [3.05, 3.63) is 0 Å². The zero-order chi connectivity index (χ0) is 12.7. The van der Waals surface area contributed by atoms with E-state index in [1.165, 1.54) is 51.4 Å². The topological polar surface area (TPSA) is 38.0 Å². The number of nitrogens with two attached hydrogens (primary N) is 1. The highest BCUT2D eigenvalue weighted by Gasteiger charge is 2.26. The van der Waals surface area contributed by atoms with Crippen LogP contribution in [0.4, 0.5) is 0 Å². The van der Waals surface area contributed by atoms with Crippen molar-refractivity contribution < 1.29 is 0 Å². The van der Waals surface area contributed by atoms with E-state index in [0.717, 1.165) is 6.54 Å². The summed E-state index contributed by atoms with van der Waals surface area (Å²) in [6.45, 7) is 8.02. The largest absolute Gasteiger partial charge is 0.327 e. The molecule has 0 heterocycles. The van der Waals surface area contributed by atoms with Gasteiger partial charge in [0, 0.05) is 11.6 Å². The summed E-state index contributed by atoms with van der Waals surface area (Å²) in [5.41, 5.74) is 6.65. The van der Waals surface area contributed by atoms with E-state index in [4.69, 9.17) is 5.73 Å². The Hall–Kier alpha value is -0.0800. The van der Waals surface area contributed by atoms with Crippen LogP contribution in [0.3, 0.4) is 0 Å². The molecule has 2 unspecified atom stereocenters. The predicted octanol–water partition coefficient (Wildman–Crippen LogP) is 3.45. The van der Waals surface area contributed by atoms with Gasteiger partial charge in [-0.05, 0) is 44.6 Å². The number of rotatable bonds is 6. The number of nitrogens with one attached hydrogen (secondary N) is 1. The second kappa shape index (κ2) is 7.38. The molecule has 102 valence electrons. The van der Waals surface area contributed by atoms with Gasteiger partial charge in [-0.1, -0.05) is 40.0 Å². The highest BCUT2D eigenvalue weighted by molar-refractivity contribution is 4.87. The SMILES string of the molecule is CCC(CC)(CC)NCC1CCCCCC1N. The molecule has 2 nitrogen and oxygen atoms in total. The van der Waals surface area contributed by atoms with Crippen LogP contribution in [0.15, 0.2) is 0 Å². The molecule has 3 N–H and O–H groups in total. The van der Waals surface area contributed by atoms with Crippen molar-refractivity contribution in [3.63, 3.8) is 0 Å². The van der Waals surface area contributed by atoms with Crippen LogP contribution < -0.4 is 11.1 Å². The standard InChI is InChI=1S/C15H32N2/c1-4-15(5-2,6-3)17-12-13-10-8-7-9-11-14(13)16/h13-14,17H,4-12,16H2,1-3H3. The quantitative estimate of drug-likeness (QED) is 0.698. The van der Waals surface area contributed by atoms with E-state index in [1.54, 1.807) is 0 Å². The van der Waals surface area contributed by atoms with Crippen LogP contribution in [0.25, 0.3) is 0 Å².